The summed E-state index contributed by atoms with van der Waals surface area (Å²) in [6, 6.07) is 14.1. The Kier molecular flexibility index (Phi) is 6.36. The minimum Gasteiger partial charge on any atom is -0.378 e. The number of ether oxygens (including phenoxy) is 1. The minimum absolute atomic E-state index is 0.628. The quantitative estimate of drug-likeness (QED) is 0.238. The van der Waals surface area contributed by atoms with Crippen LogP contribution in [0.1, 0.15) is 6.92 Å². The van der Waals surface area contributed by atoms with E-state index in [-0.39, 0.29) is 0 Å². The smallest absolute Gasteiger partial charge is 0.160 e. The van der Waals surface area contributed by atoms with Crippen LogP contribution in [0.5, 0.6) is 0 Å². The van der Waals surface area contributed by atoms with Gasteiger partial charge in [-0.1, -0.05) is 43.0 Å². The molecule has 0 radical (unpaired) electrons. The number of anilines is 2. The van der Waals surface area contributed by atoms with Gasteiger partial charge in [-0.25, -0.2) is 4.98 Å². The Morgan fingerprint density at radius 1 is 1.17 bits per heavy atom. The molecule has 1 aromatic carbocycles. The lowest BCUT2D eigenvalue weighted by Crippen LogP contribution is -2.37. The first-order chi connectivity index (χ1) is 17.1. The maximum Gasteiger partial charge on any atom is 0.160 e. The number of allylic oxidation sites excluding steroid dienone is 4. The molecular formula is C27H27N7O. The molecule has 0 saturated carbocycles. The maximum absolute atomic E-state index is 5.56. The largest absolute Gasteiger partial charge is 0.378 e. The molecule has 8 nitrogen and oxygen atoms in total. The molecule has 8 heteroatoms. The minimum atomic E-state index is 0.628. The first-order valence-electron chi connectivity index (χ1n) is 11.5. The fourth-order valence-corrected chi connectivity index (χ4v) is 4.02. The van der Waals surface area contributed by atoms with E-state index in [1.54, 1.807) is 18.5 Å². The lowest BCUT2D eigenvalue weighted by molar-refractivity contribution is 0.122. The summed E-state index contributed by atoms with van der Waals surface area (Å²) < 4.78 is 7.45. The fourth-order valence-electron chi connectivity index (χ4n) is 4.02. The SMILES string of the molecule is C=CC(/C=N/Nc1cc(N2CCOCC2)n2nc(-c3ccc4ncccc4c3)cc2n1)=C\C(=C)C. The van der Waals surface area contributed by atoms with Gasteiger partial charge in [-0.15, -0.1) is 0 Å². The Hall–Kier alpha value is -4.30. The number of benzene rings is 1. The molecule has 5 rings (SSSR count). The van der Waals surface area contributed by atoms with Crippen molar-refractivity contribution in [2.24, 2.45) is 5.10 Å². The molecule has 4 heterocycles. The highest BCUT2D eigenvalue weighted by molar-refractivity contribution is 5.85. The van der Waals surface area contributed by atoms with E-state index in [1.807, 2.05) is 47.8 Å². The van der Waals surface area contributed by atoms with Crippen LogP contribution in [0.25, 0.3) is 27.8 Å². The van der Waals surface area contributed by atoms with Crippen LogP contribution < -0.4 is 10.3 Å². The molecule has 0 spiro atoms. The van der Waals surface area contributed by atoms with Crippen LogP contribution in [0.2, 0.25) is 0 Å². The molecule has 1 aliphatic heterocycles. The maximum atomic E-state index is 5.56. The van der Waals surface area contributed by atoms with E-state index >= 15 is 0 Å². The lowest BCUT2D eigenvalue weighted by atomic mass is 10.1. The van der Waals surface area contributed by atoms with Gasteiger partial charge in [0.2, 0.25) is 0 Å². The van der Waals surface area contributed by atoms with E-state index in [1.165, 1.54) is 0 Å². The number of aromatic nitrogens is 4. The van der Waals surface area contributed by atoms with Crippen molar-refractivity contribution in [3.8, 4) is 11.3 Å². The second-order valence-electron chi connectivity index (χ2n) is 8.37. The third-order valence-corrected chi connectivity index (χ3v) is 5.68. The number of hydrogen-bond donors (Lipinski definition) is 1. The number of pyridine rings is 1. The number of hydrazone groups is 1. The predicted molar refractivity (Wildman–Crippen MR) is 142 cm³/mol. The summed E-state index contributed by atoms with van der Waals surface area (Å²) in [5, 5.41) is 10.3. The second-order valence-corrected chi connectivity index (χ2v) is 8.37. The summed E-state index contributed by atoms with van der Waals surface area (Å²) in [7, 11) is 0. The van der Waals surface area contributed by atoms with Gasteiger partial charge in [0, 0.05) is 42.4 Å². The number of nitrogens with one attached hydrogen (secondary N) is 1. The molecule has 4 aromatic rings. The molecule has 176 valence electrons. The highest BCUT2D eigenvalue weighted by atomic mass is 16.5. The Balaban J connectivity index is 1.53. The molecule has 1 aliphatic rings. The highest BCUT2D eigenvalue weighted by Crippen LogP contribution is 2.27. The molecule has 35 heavy (non-hydrogen) atoms. The van der Waals surface area contributed by atoms with E-state index in [0.717, 1.165) is 57.9 Å². The van der Waals surface area contributed by atoms with Gasteiger partial charge in [-0.05, 0) is 30.7 Å². The van der Waals surface area contributed by atoms with Crippen molar-refractivity contribution in [1.82, 2.24) is 19.6 Å². The molecule has 0 amide bonds. The highest BCUT2D eigenvalue weighted by Gasteiger charge is 2.18. The molecule has 0 bridgehead atoms. The Morgan fingerprint density at radius 3 is 2.83 bits per heavy atom. The van der Waals surface area contributed by atoms with Gasteiger partial charge >= 0.3 is 0 Å². The zero-order valence-electron chi connectivity index (χ0n) is 19.7. The molecule has 0 aliphatic carbocycles. The van der Waals surface area contributed by atoms with Crippen molar-refractivity contribution in [2.75, 3.05) is 36.6 Å². The average molecular weight is 466 g/mol. The van der Waals surface area contributed by atoms with E-state index in [9.17, 15) is 0 Å². The van der Waals surface area contributed by atoms with Gasteiger partial charge in [-0.2, -0.15) is 14.7 Å². The first kappa shape index (κ1) is 22.5. The van der Waals surface area contributed by atoms with Gasteiger partial charge in [0.15, 0.2) is 11.5 Å². The second kappa shape index (κ2) is 9.90. The summed E-state index contributed by atoms with van der Waals surface area (Å²) in [6.07, 6.45) is 7.15. The standard InChI is InChI=1S/C27H27N7O/c1-4-20(14-19(2)3)18-29-31-25-17-27(33-10-12-35-13-11-33)34-26(30-25)16-24(32-34)22-7-8-23-21(15-22)6-5-9-28-23/h4-9,14-18H,1-2,10-13H2,3H3,(H,30,31)/b20-14+,29-18+. The average Bonchev–Trinajstić information content (AvgIpc) is 3.32. The molecule has 1 N–H and O–H groups in total. The Morgan fingerprint density at radius 2 is 2.03 bits per heavy atom. The summed E-state index contributed by atoms with van der Waals surface area (Å²) >= 11 is 0. The van der Waals surface area contributed by atoms with Crippen LogP contribution in [-0.2, 0) is 4.74 Å². The predicted octanol–water partition coefficient (Wildman–Crippen LogP) is 4.87. The first-order valence-corrected chi connectivity index (χ1v) is 11.5. The van der Waals surface area contributed by atoms with E-state index < -0.39 is 0 Å². The monoisotopic (exact) mass is 465 g/mol. The summed E-state index contributed by atoms with van der Waals surface area (Å²) in [5.74, 6) is 1.56. The third kappa shape index (κ3) is 4.97. The van der Waals surface area contributed by atoms with Gasteiger partial charge in [0.05, 0.1) is 30.6 Å². The van der Waals surface area contributed by atoms with E-state index in [0.29, 0.717) is 19.0 Å². The lowest BCUT2D eigenvalue weighted by Gasteiger charge is -2.29. The molecule has 0 unspecified atom stereocenters. The summed E-state index contributed by atoms with van der Waals surface area (Å²) in [6.45, 7) is 12.6. The number of hydrogen-bond acceptors (Lipinski definition) is 7. The fraction of sp³-hybridized carbons (Fsp3) is 0.185. The molecule has 3 aromatic heterocycles. The van der Waals surface area contributed by atoms with Gasteiger partial charge in [0.25, 0.3) is 0 Å². The van der Waals surface area contributed by atoms with Crippen molar-refractivity contribution in [3.05, 3.63) is 85.1 Å². The van der Waals surface area contributed by atoms with Crippen molar-refractivity contribution in [1.29, 1.82) is 0 Å². The zero-order valence-corrected chi connectivity index (χ0v) is 19.7. The zero-order chi connectivity index (χ0) is 24.2. The van der Waals surface area contributed by atoms with E-state index in [2.05, 4.69) is 45.7 Å². The number of morpholine rings is 1. The van der Waals surface area contributed by atoms with Gasteiger partial charge < -0.3 is 9.64 Å². The summed E-state index contributed by atoms with van der Waals surface area (Å²) in [4.78, 5) is 11.4. The van der Waals surface area contributed by atoms with Crippen molar-refractivity contribution < 1.29 is 4.74 Å². The van der Waals surface area contributed by atoms with Crippen LogP contribution in [-0.4, -0.2) is 52.1 Å². The van der Waals surface area contributed by atoms with Gasteiger partial charge in [0.1, 0.15) is 5.82 Å². The molecular weight excluding hydrogens is 438 g/mol. The summed E-state index contributed by atoms with van der Waals surface area (Å²) in [5.41, 5.74) is 8.39. The van der Waals surface area contributed by atoms with E-state index in [4.69, 9.17) is 14.8 Å². The third-order valence-electron chi connectivity index (χ3n) is 5.68. The number of rotatable bonds is 7. The van der Waals surface area contributed by atoms with Crippen molar-refractivity contribution in [2.45, 2.75) is 6.92 Å². The molecule has 1 saturated heterocycles. The Bertz CT molecular complexity index is 1460. The van der Waals surface area contributed by atoms with Crippen LogP contribution in [0.3, 0.4) is 0 Å². The van der Waals surface area contributed by atoms with Crippen molar-refractivity contribution >= 4 is 34.4 Å². The van der Waals surface area contributed by atoms with Crippen LogP contribution in [0, 0.1) is 0 Å². The van der Waals surface area contributed by atoms with Crippen LogP contribution >= 0.6 is 0 Å². The molecule has 0 atom stereocenters. The number of nitrogens with zero attached hydrogens (tertiary/aromatic N) is 6. The molecule has 1 fully saturated rings. The van der Waals surface area contributed by atoms with Crippen molar-refractivity contribution in [3.63, 3.8) is 0 Å². The van der Waals surface area contributed by atoms with Gasteiger partial charge in [-0.3, -0.25) is 10.4 Å². The topological polar surface area (TPSA) is 79.9 Å². The van der Waals surface area contributed by atoms with Crippen LogP contribution in [0.4, 0.5) is 11.6 Å². The number of fused-ring (bicyclic) bond motifs is 2. The normalized spacial score (nSPS) is 14.7. The Labute approximate surface area is 204 Å². The van der Waals surface area contributed by atoms with Crippen LogP contribution in [0.15, 0.2) is 90.2 Å².